The van der Waals surface area contributed by atoms with Gasteiger partial charge in [-0.1, -0.05) is 24.3 Å². The lowest BCUT2D eigenvalue weighted by Crippen LogP contribution is -2.41. The molecule has 26 heavy (non-hydrogen) atoms. The number of fused-ring (bicyclic) bond motifs is 1. The van der Waals surface area contributed by atoms with Gasteiger partial charge in [0.15, 0.2) is 0 Å². The monoisotopic (exact) mass is 344 g/mol. The van der Waals surface area contributed by atoms with Gasteiger partial charge in [-0.15, -0.1) is 0 Å². The van der Waals surface area contributed by atoms with Gasteiger partial charge in [-0.3, -0.25) is 24.2 Å². The first-order chi connectivity index (χ1) is 12.6. The molecule has 0 bridgehead atoms. The zero-order valence-electron chi connectivity index (χ0n) is 14.2. The maximum atomic E-state index is 13.1. The van der Waals surface area contributed by atoms with E-state index in [1.54, 1.807) is 53.5 Å². The highest BCUT2D eigenvalue weighted by Gasteiger charge is 2.34. The summed E-state index contributed by atoms with van der Waals surface area (Å²) in [4.78, 5) is 31.4. The first-order valence-electron chi connectivity index (χ1n) is 8.19. The van der Waals surface area contributed by atoms with Crippen molar-refractivity contribution in [1.82, 2.24) is 19.7 Å². The van der Waals surface area contributed by atoms with Crippen LogP contribution in [-0.2, 0) is 18.4 Å². The van der Waals surface area contributed by atoms with Gasteiger partial charge in [0.05, 0.1) is 18.4 Å². The van der Waals surface area contributed by atoms with E-state index >= 15 is 0 Å². The summed E-state index contributed by atoms with van der Waals surface area (Å²) in [5.41, 5.74) is 3.10. The van der Waals surface area contributed by atoms with Crippen LogP contribution in [0.3, 0.4) is 0 Å². The molecular formula is C20H16N4O2. The third-order valence-corrected chi connectivity index (χ3v) is 4.25. The van der Waals surface area contributed by atoms with Crippen LogP contribution < -0.4 is 0 Å². The number of hydrogen-bond donors (Lipinski definition) is 0. The second-order valence-electron chi connectivity index (χ2n) is 6.07. The highest BCUT2D eigenvalue weighted by atomic mass is 16.2. The van der Waals surface area contributed by atoms with Crippen molar-refractivity contribution in [2.75, 3.05) is 0 Å². The molecule has 6 heteroatoms. The average molecular weight is 344 g/mol. The summed E-state index contributed by atoms with van der Waals surface area (Å²) in [7, 11) is 1.82. The molecule has 0 saturated carbocycles. The molecule has 0 N–H and O–H groups in total. The van der Waals surface area contributed by atoms with E-state index in [0.29, 0.717) is 22.4 Å². The highest BCUT2D eigenvalue weighted by Crippen LogP contribution is 2.31. The Bertz CT molecular complexity index is 1020. The fourth-order valence-electron chi connectivity index (χ4n) is 3.02. The maximum absolute atomic E-state index is 13.1. The fourth-order valence-corrected chi connectivity index (χ4v) is 3.02. The van der Waals surface area contributed by atoms with Gasteiger partial charge in [-0.2, -0.15) is 5.10 Å². The molecule has 1 aromatic carbocycles. The van der Waals surface area contributed by atoms with Crippen molar-refractivity contribution in [2.45, 2.75) is 6.54 Å². The minimum atomic E-state index is -0.330. The van der Waals surface area contributed by atoms with Gasteiger partial charge in [0, 0.05) is 36.1 Å². The average Bonchev–Trinajstić information content (AvgIpc) is 3.08. The Morgan fingerprint density at radius 3 is 2.46 bits per heavy atom. The van der Waals surface area contributed by atoms with Crippen LogP contribution in [0.15, 0.2) is 61.1 Å². The Kier molecular flexibility index (Phi) is 3.93. The minimum absolute atomic E-state index is 0.136. The van der Waals surface area contributed by atoms with Crippen LogP contribution in [0.2, 0.25) is 0 Å². The van der Waals surface area contributed by atoms with Gasteiger partial charge in [-0.05, 0) is 29.8 Å². The number of pyridine rings is 1. The number of rotatable bonds is 3. The van der Waals surface area contributed by atoms with Gasteiger partial charge in [0.1, 0.15) is 0 Å². The molecule has 128 valence electrons. The standard InChI is InChI=1S/C20H16N4O2/c1-23-12-14(11-22-23)10-18-16-7-2-3-8-17(16)19(25)24(20(18)26)13-15-6-4-5-9-21-15/h2-12H,13H2,1H3/b18-10-. The van der Waals surface area contributed by atoms with Crippen LogP contribution in [0.5, 0.6) is 0 Å². The van der Waals surface area contributed by atoms with E-state index < -0.39 is 0 Å². The predicted octanol–water partition coefficient (Wildman–Crippen LogP) is 2.54. The van der Waals surface area contributed by atoms with Gasteiger partial charge >= 0.3 is 0 Å². The van der Waals surface area contributed by atoms with Crippen LogP contribution in [0.1, 0.15) is 27.2 Å². The second kappa shape index (κ2) is 6.40. The molecule has 2 amide bonds. The quantitative estimate of drug-likeness (QED) is 0.541. The van der Waals surface area contributed by atoms with Crippen molar-refractivity contribution in [3.8, 4) is 0 Å². The summed E-state index contributed by atoms with van der Waals surface area (Å²) in [6.07, 6.45) is 6.92. The normalized spacial score (nSPS) is 15.4. The lowest BCUT2D eigenvalue weighted by molar-refractivity contribution is -0.123. The van der Waals surface area contributed by atoms with Gasteiger partial charge in [-0.25, -0.2) is 0 Å². The SMILES string of the molecule is Cn1cc(/C=C2\C(=O)N(Cc3ccccn3)C(=O)c3ccccc32)cn1. The molecule has 2 aromatic heterocycles. The molecule has 0 radical (unpaired) electrons. The van der Waals surface area contributed by atoms with Crippen LogP contribution in [0.25, 0.3) is 11.6 Å². The lowest BCUT2D eigenvalue weighted by Gasteiger charge is -2.28. The van der Waals surface area contributed by atoms with Crippen molar-refractivity contribution in [3.63, 3.8) is 0 Å². The Labute approximate surface area is 150 Å². The highest BCUT2D eigenvalue weighted by molar-refractivity contribution is 6.33. The number of aromatic nitrogens is 3. The number of nitrogens with zero attached hydrogens (tertiary/aromatic N) is 4. The van der Waals surface area contributed by atoms with E-state index in [1.165, 1.54) is 4.90 Å². The summed E-state index contributed by atoms with van der Waals surface area (Å²) >= 11 is 0. The summed E-state index contributed by atoms with van der Waals surface area (Å²) in [5.74, 6) is -0.636. The Hall–Kier alpha value is -3.54. The van der Waals surface area contributed by atoms with E-state index in [9.17, 15) is 9.59 Å². The molecule has 1 aliphatic heterocycles. The van der Waals surface area contributed by atoms with E-state index in [4.69, 9.17) is 0 Å². The van der Waals surface area contributed by atoms with E-state index in [-0.39, 0.29) is 18.4 Å². The summed E-state index contributed by atoms with van der Waals surface area (Å²) < 4.78 is 1.67. The molecule has 6 nitrogen and oxygen atoms in total. The molecule has 0 fully saturated rings. The third-order valence-electron chi connectivity index (χ3n) is 4.25. The fraction of sp³-hybridized carbons (Fsp3) is 0.100. The number of aryl methyl sites for hydroxylation is 1. The minimum Gasteiger partial charge on any atom is -0.275 e. The molecule has 4 rings (SSSR count). The van der Waals surface area contributed by atoms with Crippen molar-refractivity contribution in [3.05, 3.63) is 83.4 Å². The van der Waals surface area contributed by atoms with Crippen molar-refractivity contribution in [1.29, 1.82) is 0 Å². The number of benzene rings is 1. The molecular weight excluding hydrogens is 328 g/mol. The van der Waals surface area contributed by atoms with Crippen LogP contribution >= 0.6 is 0 Å². The Balaban J connectivity index is 1.80. The maximum Gasteiger partial charge on any atom is 0.261 e. The van der Waals surface area contributed by atoms with Gasteiger partial charge in [0.25, 0.3) is 11.8 Å². The molecule has 0 atom stereocenters. The molecule has 3 aromatic rings. The number of imide groups is 1. The summed E-state index contributed by atoms with van der Waals surface area (Å²) in [6, 6.07) is 12.6. The third kappa shape index (κ3) is 2.82. The molecule has 1 aliphatic rings. The zero-order valence-corrected chi connectivity index (χ0v) is 14.2. The number of carbonyl (C=O) groups excluding carboxylic acids is 2. The van der Waals surface area contributed by atoms with Crippen LogP contribution in [0.4, 0.5) is 0 Å². The van der Waals surface area contributed by atoms with Crippen molar-refractivity contribution < 1.29 is 9.59 Å². The predicted molar refractivity (Wildman–Crippen MR) is 96.6 cm³/mol. The molecule has 3 heterocycles. The van der Waals surface area contributed by atoms with Crippen molar-refractivity contribution in [2.24, 2.45) is 7.05 Å². The largest absolute Gasteiger partial charge is 0.275 e. The molecule has 0 unspecified atom stereocenters. The summed E-state index contributed by atoms with van der Waals surface area (Å²) in [5, 5.41) is 4.14. The first-order valence-corrected chi connectivity index (χ1v) is 8.19. The second-order valence-corrected chi connectivity index (χ2v) is 6.07. The topological polar surface area (TPSA) is 68.1 Å². The number of hydrogen-bond acceptors (Lipinski definition) is 4. The van der Waals surface area contributed by atoms with E-state index in [1.807, 2.05) is 25.4 Å². The lowest BCUT2D eigenvalue weighted by atomic mass is 9.92. The smallest absolute Gasteiger partial charge is 0.261 e. The van der Waals surface area contributed by atoms with Crippen LogP contribution in [-0.4, -0.2) is 31.5 Å². The van der Waals surface area contributed by atoms with Gasteiger partial charge in [0.2, 0.25) is 0 Å². The zero-order chi connectivity index (χ0) is 18.1. The molecule has 0 saturated heterocycles. The number of carbonyl (C=O) groups is 2. The Morgan fingerprint density at radius 1 is 1.00 bits per heavy atom. The van der Waals surface area contributed by atoms with Gasteiger partial charge < -0.3 is 0 Å². The molecule has 0 spiro atoms. The number of amides is 2. The summed E-state index contributed by atoms with van der Waals surface area (Å²) in [6.45, 7) is 0.136. The van der Waals surface area contributed by atoms with Crippen LogP contribution in [0, 0.1) is 0 Å². The van der Waals surface area contributed by atoms with E-state index in [0.717, 1.165) is 5.56 Å². The molecule has 0 aliphatic carbocycles. The van der Waals surface area contributed by atoms with Crippen molar-refractivity contribution >= 4 is 23.5 Å². The Morgan fingerprint density at radius 2 is 1.77 bits per heavy atom. The first kappa shape index (κ1) is 16.0. The van der Waals surface area contributed by atoms with E-state index in [2.05, 4.69) is 10.1 Å².